The van der Waals surface area contributed by atoms with E-state index in [2.05, 4.69) is 0 Å². The monoisotopic (exact) mass is 543 g/mol. The summed E-state index contributed by atoms with van der Waals surface area (Å²) in [7, 11) is -2.23. The molecule has 7 nitrogen and oxygen atoms in total. The molecule has 1 atom stereocenters. The number of hydrogen-bond donors (Lipinski definition) is 0. The zero-order valence-corrected chi connectivity index (χ0v) is 21.4. The third kappa shape index (κ3) is 5.85. The normalized spacial score (nSPS) is 19.7. The molecule has 2 fully saturated rings. The van der Waals surface area contributed by atoms with Gasteiger partial charge < -0.3 is 14.5 Å². The Bertz CT molecular complexity index is 1260. The van der Waals surface area contributed by atoms with Crippen molar-refractivity contribution in [3.8, 4) is 5.75 Å². The molecular formula is C25H29F4N3O4S. The van der Waals surface area contributed by atoms with Gasteiger partial charge in [-0.3, -0.25) is 4.79 Å². The van der Waals surface area contributed by atoms with Crippen LogP contribution in [0.1, 0.15) is 35.7 Å². The Morgan fingerprint density at radius 2 is 1.73 bits per heavy atom. The van der Waals surface area contributed by atoms with Crippen LogP contribution in [0, 0.1) is 11.7 Å². The molecule has 0 N–H and O–H groups in total. The Kier molecular flexibility index (Phi) is 7.70. The van der Waals surface area contributed by atoms with Crippen LogP contribution in [0.15, 0.2) is 41.3 Å². The van der Waals surface area contributed by atoms with Crippen LogP contribution in [0.5, 0.6) is 5.75 Å². The van der Waals surface area contributed by atoms with Gasteiger partial charge in [-0.1, -0.05) is 6.92 Å². The lowest BCUT2D eigenvalue weighted by Gasteiger charge is -2.37. The van der Waals surface area contributed by atoms with Crippen LogP contribution in [0.4, 0.5) is 23.2 Å². The highest BCUT2D eigenvalue weighted by atomic mass is 32.2. The summed E-state index contributed by atoms with van der Waals surface area (Å²) in [6, 6.07) is 6.47. The molecule has 2 aromatic rings. The summed E-state index contributed by atoms with van der Waals surface area (Å²) in [4.78, 5) is 16.2. The van der Waals surface area contributed by atoms with E-state index < -0.39 is 33.5 Å². The molecule has 0 saturated carbocycles. The van der Waals surface area contributed by atoms with Crippen molar-refractivity contribution in [3.05, 3.63) is 53.3 Å². The van der Waals surface area contributed by atoms with E-state index >= 15 is 0 Å². The topological polar surface area (TPSA) is 70.2 Å². The number of anilines is 1. The number of methoxy groups -OCH3 is 1. The maximum absolute atomic E-state index is 13.8. The molecule has 12 heteroatoms. The first-order chi connectivity index (χ1) is 17.4. The molecule has 0 radical (unpaired) electrons. The van der Waals surface area contributed by atoms with Gasteiger partial charge >= 0.3 is 6.18 Å². The van der Waals surface area contributed by atoms with E-state index in [1.807, 2.05) is 11.8 Å². The van der Waals surface area contributed by atoms with Crippen molar-refractivity contribution < 1.29 is 35.5 Å². The average Bonchev–Trinajstić information content (AvgIpc) is 2.87. The number of hydrogen-bond acceptors (Lipinski definition) is 5. The van der Waals surface area contributed by atoms with Crippen LogP contribution in [0.25, 0.3) is 0 Å². The lowest BCUT2D eigenvalue weighted by atomic mass is 10.0. The maximum Gasteiger partial charge on any atom is 0.416 e. The molecule has 1 unspecified atom stereocenters. The standard InChI is InChI=1S/C25H29F4N3O4S/c1-17-4-3-7-32(16-17)37(34,35)21-5-6-23(36-2)22(15-21)30-8-10-31(11-9-30)24(33)18-12-19(25(27,28)29)14-20(26)13-18/h5-6,12-15,17H,3-4,7-11,16H2,1-2H3. The number of sulfonamides is 1. The van der Waals surface area contributed by atoms with E-state index in [9.17, 15) is 30.8 Å². The van der Waals surface area contributed by atoms with Gasteiger partial charge in [0.1, 0.15) is 11.6 Å². The minimum absolute atomic E-state index is 0.148. The molecule has 2 heterocycles. The zero-order chi connectivity index (χ0) is 27.0. The van der Waals surface area contributed by atoms with E-state index in [1.54, 1.807) is 12.1 Å². The summed E-state index contributed by atoms with van der Waals surface area (Å²) in [6.45, 7) is 3.82. The fourth-order valence-electron chi connectivity index (χ4n) is 4.80. The van der Waals surface area contributed by atoms with Gasteiger partial charge in [0.15, 0.2) is 0 Å². The number of ether oxygens (including phenoxy) is 1. The number of alkyl halides is 3. The van der Waals surface area contributed by atoms with E-state index in [1.165, 1.54) is 22.4 Å². The number of carbonyl (C=O) groups is 1. The van der Waals surface area contributed by atoms with E-state index in [4.69, 9.17) is 4.74 Å². The SMILES string of the molecule is COc1ccc(S(=O)(=O)N2CCCC(C)C2)cc1N1CCN(C(=O)c2cc(F)cc(C(F)(F)F)c2)CC1. The van der Waals surface area contributed by atoms with Gasteiger partial charge in [-0.05, 0) is 55.2 Å². The molecule has 1 amide bonds. The largest absolute Gasteiger partial charge is 0.495 e. The van der Waals surface area contributed by atoms with Crippen LogP contribution in [0.2, 0.25) is 0 Å². The fourth-order valence-corrected chi connectivity index (χ4v) is 6.42. The van der Waals surface area contributed by atoms with Crippen LogP contribution >= 0.6 is 0 Å². The first kappa shape index (κ1) is 27.2. The number of nitrogens with zero attached hydrogens (tertiary/aromatic N) is 3. The second-order valence-corrected chi connectivity index (χ2v) is 11.4. The number of benzene rings is 2. The third-order valence-electron chi connectivity index (χ3n) is 6.79. The highest BCUT2D eigenvalue weighted by Gasteiger charge is 2.34. The predicted molar refractivity (Wildman–Crippen MR) is 130 cm³/mol. The first-order valence-electron chi connectivity index (χ1n) is 12.0. The summed E-state index contributed by atoms with van der Waals surface area (Å²) < 4.78 is 86.5. The Morgan fingerprint density at radius 1 is 1.03 bits per heavy atom. The van der Waals surface area contributed by atoms with Crippen molar-refractivity contribution >= 4 is 21.6 Å². The number of piperazine rings is 1. The van der Waals surface area contributed by atoms with Gasteiger partial charge in [0.25, 0.3) is 5.91 Å². The molecule has 0 bridgehead atoms. The van der Waals surface area contributed by atoms with Crippen LogP contribution in [0.3, 0.4) is 0 Å². The smallest absolute Gasteiger partial charge is 0.416 e. The van der Waals surface area contributed by atoms with Crippen molar-refractivity contribution in [2.75, 3.05) is 51.3 Å². The van der Waals surface area contributed by atoms with Gasteiger partial charge in [0.05, 0.1) is 23.3 Å². The van der Waals surface area contributed by atoms with Crippen LogP contribution in [-0.2, 0) is 16.2 Å². The Morgan fingerprint density at radius 3 is 2.35 bits per heavy atom. The Balaban J connectivity index is 1.52. The summed E-state index contributed by atoms with van der Waals surface area (Å²) >= 11 is 0. The molecule has 2 aliphatic rings. The number of halogens is 4. The van der Waals surface area contributed by atoms with Crippen molar-refractivity contribution in [1.29, 1.82) is 0 Å². The number of rotatable bonds is 5. The van der Waals surface area contributed by atoms with Crippen molar-refractivity contribution in [2.24, 2.45) is 5.92 Å². The highest BCUT2D eigenvalue weighted by Crippen LogP contribution is 2.34. The van der Waals surface area contributed by atoms with Crippen molar-refractivity contribution in [3.63, 3.8) is 0 Å². The Hall–Kier alpha value is -2.86. The molecule has 2 aromatic carbocycles. The fraction of sp³-hybridized carbons (Fsp3) is 0.480. The lowest BCUT2D eigenvalue weighted by molar-refractivity contribution is -0.137. The van der Waals surface area contributed by atoms with Crippen LogP contribution in [-0.4, -0.2) is 69.9 Å². The van der Waals surface area contributed by atoms with Gasteiger partial charge in [-0.25, -0.2) is 12.8 Å². The second kappa shape index (κ2) is 10.5. The molecule has 37 heavy (non-hydrogen) atoms. The number of piperidine rings is 1. The minimum Gasteiger partial charge on any atom is -0.495 e. The number of carbonyl (C=O) groups excluding carboxylic acids is 1. The summed E-state index contributed by atoms with van der Waals surface area (Å²) in [5.41, 5.74) is -1.05. The molecule has 0 aromatic heterocycles. The summed E-state index contributed by atoms with van der Waals surface area (Å²) in [5.74, 6) is -1.10. The molecule has 2 aliphatic heterocycles. The van der Waals surface area contributed by atoms with Gasteiger partial charge in [0.2, 0.25) is 10.0 Å². The van der Waals surface area contributed by atoms with Gasteiger partial charge in [-0.15, -0.1) is 0 Å². The third-order valence-corrected chi connectivity index (χ3v) is 8.65. The van der Waals surface area contributed by atoms with Crippen molar-refractivity contribution in [2.45, 2.75) is 30.8 Å². The first-order valence-corrected chi connectivity index (χ1v) is 13.4. The molecule has 0 spiro atoms. The Labute approximate surface area is 213 Å². The van der Waals surface area contributed by atoms with Crippen LogP contribution < -0.4 is 9.64 Å². The van der Waals surface area contributed by atoms with Crippen molar-refractivity contribution in [1.82, 2.24) is 9.21 Å². The maximum atomic E-state index is 13.8. The molecule has 202 valence electrons. The quantitative estimate of drug-likeness (QED) is 0.528. The molecule has 2 saturated heterocycles. The zero-order valence-electron chi connectivity index (χ0n) is 20.6. The van der Waals surface area contributed by atoms with Gasteiger partial charge in [0, 0.05) is 44.8 Å². The summed E-state index contributed by atoms with van der Waals surface area (Å²) in [6.07, 6.45) is -2.99. The predicted octanol–water partition coefficient (Wildman–Crippen LogP) is 4.24. The molecule has 4 rings (SSSR count). The van der Waals surface area contributed by atoms with E-state index in [0.29, 0.717) is 36.7 Å². The molecule has 0 aliphatic carbocycles. The van der Waals surface area contributed by atoms with E-state index in [-0.39, 0.29) is 42.6 Å². The van der Waals surface area contributed by atoms with Gasteiger partial charge in [-0.2, -0.15) is 17.5 Å². The highest BCUT2D eigenvalue weighted by molar-refractivity contribution is 7.89. The molecular weight excluding hydrogens is 514 g/mol. The summed E-state index contributed by atoms with van der Waals surface area (Å²) in [5, 5.41) is 0. The average molecular weight is 544 g/mol. The van der Waals surface area contributed by atoms with E-state index in [0.717, 1.165) is 18.9 Å². The minimum atomic E-state index is -4.77. The lowest BCUT2D eigenvalue weighted by Crippen LogP contribution is -2.49. The second-order valence-electron chi connectivity index (χ2n) is 9.45. The number of amides is 1.